The summed E-state index contributed by atoms with van der Waals surface area (Å²) in [6, 6.07) is 2.71. The van der Waals surface area contributed by atoms with E-state index < -0.39 is 39.1 Å². The fraction of sp³-hybridized carbons (Fsp3) is 0.467. The highest BCUT2D eigenvalue weighted by Crippen LogP contribution is 2.75. The van der Waals surface area contributed by atoms with Gasteiger partial charge in [0.05, 0.1) is 11.0 Å². The van der Waals surface area contributed by atoms with Gasteiger partial charge in [-0.2, -0.15) is 17.7 Å². The van der Waals surface area contributed by atoms with Gasteiger partial charge in [0.1, 0.15) is 17.6 Å². The Balaban J connectivity index is 1.59. The Morgan fingerprint density at radius 1 is 1.22 bits per heavy atom. The Morgan fingerprint density at radius 2 is 1.89 bits per heavy atom. The van der Waals surface area contributed by atoms with Crippen molar-refractivity contribution in [2.45, 2.75) is 24.7 Å². The van der Waals surface area contributed by atoms with Gasteiger partial charge in [0.15, 0.2) is 0 Å². The maximum absolute atomic E-state index is 14.5. The van der Waals surface area contributed by atoms with Crippen LogP contribution in [0.15, 0.2) is 22.7 Å². The van der Waals surface area contributed by atoms with Gasteiger partial charge in [-0.1, -0.05) is 5.16 Å². The molecule has 1 aliphatic carbocycles. The Hall–Kier alpha value is -2.05. The molecular weight excluding hydrogens is 392 g/mol. The van der Waals surface area contributed by atoms with Crippen LogP contribution >= 0.6 is 0 Å². The van der Waals surface area contributed by atoms with Crippen LogP contribution in [0.2, 0.25) is 0 Å². The van der Waals surface area contributed by atoms with Gasteiger partial charge >= 0.3 is 0 Å². The molecule has 0 amide bonds. The molecule has 1 aliphatic heterocycles. The van der Waals surface area contributed by atoms with Crippen LogP contribution in [0.5, 0.6) is 0 Å². The summed E-state index contributed by atoms with van der Waals surface area (Å²) in [5.41, 5.74) is -1.67. The zero-order valence-corrected chi connectivity index (χ0v) is 14.5. The molecule has 1 saturated carbocycles. The summed E-state index contributed by atoms with van der Waals surface area (Å²) in [7, 11) is -3.94. The summed E-state index contributed by atoms with van der Waals surface area (Å²) >= 11 is 0. The highest BCUT2D eigenvalue weighted by molar-refractivity contribution is 7.86. The molecule has 4 rings (SSSR count). The third kappa shape index (κ3) is 2.74. The number of alkyl halides is 2. The van der Waals surface area contributed by atoms with E-state index in [1.807, 2.05) is 0 Å². The lowest BCUT2D eigenvalue weighted by Gasteiger charge is -2.30. The van der Waals surface area contributed by atoms with Gasteiger partial charge in [-0.05, 0) is 25.0 Å². The number of nitrogens with zero attached hydrogens (tertiary/aromatic N) is 3. The summed E-state index contributed by atoms with van der Waals surface area (Å²) in [5, 5.41) is 8.56. The highest BCUT2D eigenvalue weighted by atomic mass is 32.2. The number of nitrogens with two attached hydrogens (primary N) is 1. The topological polar surface area (TPSA) is 102 Å². The van der Waals surface area contributed by atoms with E-state index in [1.165, 1.54) is 0 Å². The van der Waals surface area contributed by atoms with E-state index >= 15 is 0 Å². The number of halogens is 4. The van der Waals surface area contributed by atoms with Gasteiger partial charge < -0.3 is 4.52 Å². The van der Waals surface area contributed by atoms with E-state index in [0.717, 1.165) is 16.4 Å². The molecule has 2 aliphatic rings. The molecule has 2 fully saturated rings. The van der Waals surface area contributed by atoms with Crippen LogP contribution in [0.25, 0.3) is 11.4 Å². The zero-order valence-electron chi connectivity index (χ0n) is 13.7. The number of benzene rings is 1. The third-order valence-corrected chi connectivity index (χ3v) is 6.42. The number of hydrogen-bond acceptors (Lipinski definition) is 5. The largest absolute Gasteiger partial charge is 0.338 e. The summed E-state index contributed by atoms with van der Waals surface area (Å²) < 4.78 is 84.5. The highest BCUT2D eigenvalue weighted by Gasteiger charge is 2.82. The van der Waals surface area contributed by atoms with Crippen molar-refractivity contribution in [1.82, 2.24) is 14.4 Å². The van der Waals surface area contributed by atoms with Crippen LogP contribution in [0.3, 0.4) is 0 Å². The monoisotopic (exact) mass is 406 g/mol. The van der Waals surface area contributed by atoms with Crippen LogP contribution in [0.4, 0.5) is 17.6 Å². The van der Waals surface area contributed by atoms with Crippen LogP contribution in [-0.4, -0.2) is 41.9 Å². The van der Waals surface area contributed by atoms with Crippen LogP contribution in [0, 0.1) is 17.0 Å². The van der Waals surface area contributed by atoms with Crippen LogP contribution < -0.4 is 5.14 Å². The van der Waals surface area contributed by atoms with E-state index in [-0.39, 0.29) is 43.2 Å². The second-order valence-corrected chi connectivity index (χ2v) is 8.28. The van der Waals surface area contributed by atoms with Crippen molar-refractivity contribution in [1.29, 1.82) is 0 Å². The molecule has 0 bridgehead atoms. The first kappa shape index (κ1) is 18.3. The lowest BCUT2D eigenvalue weighted by Crippen LogP contribution is -2.43. The quantitative estimate of drug-likeness (QED) is 0.786. The molecule has 12 heteroatoms. The van der Waals surface area contributed by atoms with E-state index in [2.05, 4.69) is 10.1 Å². The molecule has 0 radical (unpaired) electrons. The molecule has 146 valence electrons. The Kier molecular flexibility index (Phi) is 3.88. The minimum Gasteiger partial charge on any atom is -0.338 e. The second-order valence-electron chi connectivity index (χ2n) is 6.74. The summed E-state index contributed by atoms with van der Waals surface area (Å²) in [6.45, 7) is -0.281. The van der Waals surface area contributed by atoms with Crippen molar-refractivity contribution >= 4 is 10.2 Å². The minimum atomic E-state index is -3.94. The van der Waals surface area contributed by atoms with Crippen LogP contribution in [-0.2, 0) is 10.2 Å². The molecule has 1 aromatic carbocycles. The summed E-state index contributed by atoms with van der Waals surface area (Å²) in [4.78, 5) is 3.87. The summed E-state index contributed by atoms with van der Waals surface area (Å²) in [6.07, 6.45) is -0.243. The normalized spacial score (nSPS) is 24.3. The Labute approximate surface area is 151 Å². The lowest BCUT2D eigenvalue weighted by atomic mass is 9.91. The van der Waals surface area contributed by atoms with E-state index in [4.69, 9.17) is 9.66 Å². The predicted molar refractivity (Wildman–Crippen MR) is 83.7 cm³/mol. The standard InChI is InChI=1S/C15H14F4N4O3S/c16-8-1-2-9(10(17)7-8)12-21-13(26-22-12)11-14(15(11,18)19)3-5-23(6-4-14)27(20,24)25/h1-2,7,11H,3-6H2,(H2,20,24,25)/t11-/m0/s1. The number of hydrogen-bond donors (Lipinski definition) is 1. The SMILES string of the molecule is NS(=O)(=O)N1CCC2(CC1)[C@H](c1nc(-c3ccc(F)cc3F)no1)C2(F)F. The van der Waals surface area contributed by atoms with Crippen molar-refractivity contribution in [3.8, 4) is 11.4 Å². The molecule has 1 saturated heterocycles. The molecule has 1 spiro atoms. The summed E-state index contributed by atoms with van der Waals surface area (Å²) in [5.74, 6) is -6.92. The first-order valence-corrected chi connectivity index (χ1v) is 9.51. The maximum Gasteiger partial charge on any atom is 0.276 e. The average Bonchev–Trinajstić information content (AvgIpc) is 2.87. The first-order valence-electron chi connectivity index (χ1n) is 8.01. The zero-order chi connectivity index (χ0) is 19.6. The molecule has 1 atom stereocenters. The van der Waals surface area contributed by atoms with Gasteiger partial charge in [-0.3, -0.25) is 0 Å². The molecule has 1 aromatic heterocycles. The Bertz CT molecular complexity index is 1000. The molecule has 7 nitrogen and oxygen atoms in total. The smallest absolute Gasteiger partial charge is 0.276 e. The van der Waals surface area contributed by atoms with Crippen molar-refractivity contribution < 1.29 is 30.5 Å². The molecular formula is C15H14F4N4O3S. The van der Waals surface area contributed by atoms with Crippen molar-refractivity contribution in [2.75, 3.05) is 13.1 Å². The van der Waals surface area contributed by atoms with Gasteiger partial charge in [0.2, 0.25) is 11.7 Å². The first-order chi connectivity index (χ1) is 12.6. The van der Waals surface area contributed by atoms with E-state index in [1.54, 1.807) is 0 Å². The van der Waals surface area contributed by atoms with Crippen molar-refractivity contribution in [2.24, 2.45) is 10.6 Å². The lowest BCUT2D eigenvalue weighted by molar-refractivity contribution is 0.0406. The van der Waals surface area contributed by atoms with Crippen molar-refractivity contribution in [3.05, 3.63) is 35.7 Å². The third-order valence-electron chi connectivity index (χ3n) is 5.33. The van der Waals surface area contributed by atoms with Gasteiger partial charge in [0.25, 0.3) is 16.1 Å². The molecule has 2 heterocycles. The molecule has 2 aromatic rings. The number of aromatic nitrogens is 2. The van der Waals surface area contributed by atoms with Gasteiger partial charge in [-0.25, -0.2) is 22.7 Å². The Morgan fingerprint density at radius 3 is 2.48 bits per heavy atom. The number of piperidine rings is 1. The fourth-order valence-electron chi connectivity index (χ4n) is 3.80. The predicted octanol–water partition coefficient (Wildman–Crippen LogP) is 2.03. The molecule has 0 unspecified atom stereocenters. The van der Waals surface area contributed by atoms with E-state index in [0.29, 0.717) is 6.07 Å². The fourth-order valence-corrected chi connectivity index (χ4v) is 4.49. The average molecular weight is 406 g/mol. The van der Waals surface area contributed by atoms with E-state index in [9.17, 15) is 26.0 Å². The van der Waals surface area contributed by atoms with Crippen molar-refractivity contribution in [3.63, 3.8) is 0 Å². The maximum atomic E-state index is 14.5. The van der Waals surface area contributed by atoms with Crippen LogP contribution in [0.1, 0.15) is 24.7 Å². The number of rotatable bonds is 3. The van der Waals surface area contributed by atoms with Gasteiger partial charge in [0, 0.05) is 19.2 Å². The minimum absolute atomic E-state index is 0.121. The molecule has 2 N–H and O–H groups in total. The van der Waals surface area contributed by atoms with Gasteiger partial charge in [-0.15, -0.1) is 0 Å². The molecule has 27 heavy (non-hydrogen) atoms. The second kappa shape index (κ2) is 5.72.